The summed E-state index contributed by atoms with van der Waals surface area (Å²) in [6.07, 6.45) is 2.30. The van der Waals surface area contributed by atoms with Crippen molar-refractivity contribution >= 4 is 17.6 Å². The largest absolute Gasteiger partial charge is 0.481 e. The van der Waals surface area contributed by atoms with Crippen molar-refractivity contribution in [3.8, 4) is 5.69 Å². The van der Waals surface area contributed by atoms with E-state index in [9.17, 15) is 14.4 Å². The van der Waals surface area contributed by atoms with Crippen LogP contribution in [0, 0.1) is 11.8 Å². The van der Waals surface area contributed by atoms with E-state index >= 15 is 0 Å². The fourth-order valence-corrected chi connectivity index (χ4v) is 3.40. The van der Waals surface area contributed by atoms with Gasteiger partial charge in [-0.15, -0.1) is 0 Å². The van der Waals surface area contributed by atoms with Crippen molar-refractivity contribution in [2.24, 2.45) is 18.9 Å². The van der Waals surface area contributed by atoms with Gasteiger partial charge in [0.25, 0.3) is 5.56 Å². The summed E-state index contributed by atoms with van der Waals surface area (Å²) in [6.45, 7) is 0. The zero-order valence-corrected chi connectivity index (χ0v) is 13.8. The minimum absolute atomic E-state index is 0.257. The Bertz CT molecular complexity index is 908. The van der Waals surface area contributed by atoms with E-state index in [-0.39, 0.29) is 23.1 Å². The number of carboxylic acids is 1. The highest BCUT2D eigenvalue weighted by molar-refractivity contribution is 5.98. The topological polar surface area (TPSA) is 93.3 Å². The first-order valence-electron chi connectivity index (χ1n) is 8.40. The van der Waals surface area contributed by atoms with Gasteiger partial charge in [-0.2, -0.15) is 0 Å². The Morgan fingerprint density at radius 1 is 1.16 bits per heavy atom. The van der Waals surface area contributed by atoms with Gasteiger partial charge in [0.05, 0.1) is 23.2 Å². The zero-order valence-electron chi connectivity index (χ0n) is 13.8. The molecule has 2 aliphatic rings. The van der Waals surface area contributed by atoms with Gasteiger partial charge in [0.15, 0.2) is 0 Å². The van der Waals surface area contributed by atoms with Gasteiger partial charge >= 0.3 is 5.97 Å². The predicted octanol–water partition coefficient (Wildman–Crippen LogP) is 1.71. The molecule has 0 bridgehead atoms. The molecule has 0 radical (unpaired) electrons. The number of carbonyl (C=O) groups excluding carboxylic acids is 1. The summed E-state index contributed by atoms with van der Waals surface area (Å²) in [7, 11) is 1.81. The van der Waals surface area contributed by atoms with Gasteiger partial charge in [-0.3, -0.25) is 19.1 Å². The van der Waals surface area contributed by atoms with Crippen LogP contribution in [0.25, 0.3) is 5.69 Å². The highest BCUT2D eigenvalue weighted by atomic mass is 16.4. The van der Waals surface area contributed by atoms with Gasteiger partial charge in [-0.25, -0.2) is 4.68 Å². The average molecular weight is 341 g/mol. The van der Waals surface area contributed by atoms with E-state index in [0.29, 0.717) is 6.42 Å². The first-order valence-corrected chi connectivity index (χ1v) is 8.40. The SMILES string of the molecule is Cn1c(C2CC2)c(NC(=O)[C@@H]2C[C@H]2C(=O)O)c(=O)n1-c1ccccc1. The third-order valence-corrected chi connectivity index (χ3v) is 4.97. The van der Waals surface area contributed by atoms with Crippen LogP contribution in [0.5, 0.6) is 0 Å². The normalized spacial score (nSPS) is 21.8. The lowest BCUT2D eigenvalue weighted by atomic mass is 10.2. The van der Waals surface area contributed by atoms with Gasteiger partial charge in [0, 0.05) is 13.0 Å². The van der Waals surface area contributed by atoms with E-state index in [0.717, 1.165) is 24.2 Å². The molecule has 1 aromatic carbocycles. The molecule has 2 fully saturated rings. The molecular formula is C18H19N3O4. The van der Waals surface area contributed by atoms with Gasteiger partial charge in [0.1, 0.15) is 5.69 Å². The first kappa shape index (κ1) is 15.7. The molecule has 2 aliphatic carbocycles. The second-order valence-electron chi connectivity index (χ2n) is 6.79. The molecule has 0 spiro atoms. The van der Waals surface area contributed by atoms with Crippen molar-refractivity contribution in [2.45, 2.75) is 25.2 Å². The number of hydrogen-bond acceptors (Lipinski definition) is 3. The molecule has 4 rings (SSSR count). The van der Waals surface area contributed by atoms with E-state index in [2.05, 4.69) is 5.32 Å². The van der Waals surface area contributed by atoms with Crippen LogP contribution in [-0.2, 0) is 16.6 Å². The molecule has 1 amide bonds. The van der Waals surface area contributed by atoms with Gasteiger partial charge < -0.3 is 10.4 Å². The maximum Gasteiger partial charge on any atom is 0.307 e. The molecule has 7 nitrogen and oxygen atoms in total. The molecule has 0 aliphatic heterocycles. The fraction of sp³-hybridized carbons (Fsp3) is 0.389. The summed E-state index contributed by atoms with van der Waals surface area (Å²) >= 11 is 0. The van der Waals surface area contributed by atoms with Crippen molar-refractivity contribution in [1.82, 2.24) is 9.36 Å². The van der Waals surface area contributed by atoms with Crippen LogP contribution in [0.4, 0.5) is 5.69 Å². The number of carbonyl (C=O) groups is 2. The average Bonchev–Trinajstić information content (AvgIpc) is 3.47. The number of amides is 1. The van der Waals surface area contributed by atoms with Crippen LogP contribution in [0.15, 0.2) is 35.1 Å². The molecule has 130 valence electrons. The lowest BCUT2D eigenvalue weighted by Gasteiger charge is -2.09. The van der Waals surface area contributed by atoms with Gasteiger partial charge in [-0.05, 0) is 31.4 Å². The van der Waals surface area contributed by atoms with Crippen molar-refractivity contribution < 1.29 is 14.7 Å². The highest BCUT2D eigenvalue weighted by Gasteiger charge is 2.49. The molecule has 2 aromatic rings. The molecule has 2 N–H and O–H groups in total. The van der Waals surface area contributed by atoms with Gasteiger partial charge in [0.2, 0.25) is 5.91 Å². The van der Waals surface area contributed by atoms with Crippen LogP contribution in [0.2, 0.25) is 0 Å². The summed E-state index contributed by atoms with van der Waals surface area (Å²) in [5.41, 5.74) is 1.55. The summed E-state index contributed by atoms with van der Waals surface area (Å²) in [4.78, 5) is 36.3. The van der Waals surface area contributed by atoms with Crippen LogP contribution >= 0.6 is 0 Å². The summed E-state index contributed by atoms with van der Waals surface area (Å²) in [5.74, 6) is -2.26. The number of nitrogens with one attached hydrogen (secondary N) is 1. The Morgan fingerprint density at radius 3 is 2.40 bits per heavy atom. The number of benzene rings is 1. The van der Waals surface area contributed by atoms with E-state index in [1.165, 1.54) is 0 Å². The molecule has 25 heavy (non-hydrogen) atoms. The molecule has 0 saturated heterocycles. The molecule has 2 saturated carbocycles. The Hall–Kier alpha value is -2.83. The Labute approximate surface area is 143 Å². The predicted molar refractivity (Wildman–Crippen MR) is 90.8 cm³/mol. The number of anilines is 1. The van der Waals surface area contributed by atoms with Crippen LogP contribution in [0.1, 0.15) is 30.9 Å². The number of aliphatic carboxylic acids is 1. The first-order chi connectivity index (χ1) is 12.0. The third kappa shape index (κ3) is 2.65. The lowest BCUT2D eigenvalue weighted by molar-refractivity contribution is -0.139. The maximum absolute atomic E-state index is 12.9. The lowest BCUT2D eigenvalue weighted by Crippen LogP contribution is -2.24. The summed E-state index contributed by atoms with van der Waals surface area (Å²) in [6, 6.07) is 9.26. The van der Waals surface area contributed by atoms with Crippen LogP contribution in [-0.4, -0.2) is 26.3 Å². The number of hydrogen-bond donors (Lipinski definition) is 2. The van der Waals surface area contributed by atoms with E-state index in [1.54, 1.807) is 9.36 Å². The number of aromatic nitrogens is 2. The second-order valence-corrected chi connectivity index (χ2v) is 6.79. The van der Waals surface area contributed by atoms with Crippen LogP contribution in [0.3, 0.4) is 0 Å². The number of rotatable bonds is 5. The van der Waals surface area contributed by atoms with Crippen molar-refractivity contribution in [2.75, 3.05) is 5.32 Å². The number of carboxylic acid groups (broad SMARTS) is 1. The monoisotopic (exact) mass is 341 g/mol. The van der Waals surface area contributed by atoms with E-state index < -0.39 is 17.8 Å². The van der Waals surface area contributed by atoms with Crippen molar-refractivity contribution in [3.05, 3.63) is 46.4 Å². The van der Waals surface area contributed by atoms with Crippen molar-refractivity contribution in [3.63, 3.8) is 0 Å². The quantitative estimate of drug-likeness (QED) is 0.866. The fourth-order valence-electron chi connectivity index (χ4n) is 3.40. The Morgan fingerprint density at radius 2 is 1.84 bits per heavy atom. The van der Waals surface area contributed by atoms with Gasteiger partial charge in [-0.1, -0.05) is 18.2 Å². The summed E-state index contributed by atoms with van der Waals surface area (Å²) < 4.78 is 3.34. The standard InChI is InChI=1S/C18H19N3O4/c1-20-15(10-7-8-10)14(19-16(22)12-9-13(12)18(24)25)17(23)21(20)11-5-3-2-4-6-11/h2-6,10,12-13H,7-9H2,1H3,(H,19,22)(H,24,25)/t12-,13-/m1/s1. The second kappa shape index (κ2) is 5.61. The maximum atomic E-state index is 12.9. The molecule has 2 atom stereocenters. The minimum Gasteiger partial charge on any atom is -0.481 e. The highest BCUT2D eigenvalue weighted by Crippen LogP contribution is 2.44. The minimum atomic E-state index is -0.961. The number of para-hydroxylation sites is 1. The van der Waals surface area contributed by atoms with Crippen molar-refractivity contribution in [1.29, 1.82) is 0 Å². The third-order valence-electron chi connectivity index (χ3n) is 4.97. The smallest absolute Gasteiger partial charge is 0.307 e. The van der Waals surface area contributed by atoms with Crippen LogP contribution < -0.4 is 10.9 Å². The molecular weight excluding hydrogens is 322 g/mol. The number of nitrogens with zero attached hydrogens (tertiary/aromatic N) is 2. The van der Waals surface area contributed by atoms with E-state index in [1.807, 2.05) is 37.4 Å². The molecule has 0 unspecified atom stereocenters. The Kier molecular flexibility index (Phi) is 3.52. The summed E-state index contributed by atoms with van der Waals surface area (Å²) in [5, 5.41) is 11.7. The molecule has 1 aromatic heterocycles. The van der Waals surface area contributed by atoms with E-state index in [4.69, 9.17) is 5.11 Å². The Balaban J connectivity index is 1.71. The molecule has 7 heteroatoms. The molecule has 1 heterocycles. The zero-order chi connectivity index (χ0) is 17.7.